The van der Waals surface area contributed by atoms with Crippen LogP contribution in [0.15, 0.2) is 18.2 Å². The Labute approximate surface area is 122 Å². The average Bonchev–Trinajstić information content (AvgIpc) is 2.38. The molecule has 0 bridgehead atoms. The lowest BCUT2D eigenvalue weighted by molar-refractivity contribution is -0.388. The molecule has 0 aromatic heterocycles. The fourth-order valence-corrected chi connectivity index (χ4v) is 1.32. The van der Waals surface area contributed by atoms with Crippen LogP contribution in [0.4, 0.5) is 33.7 Å². The van der Waals surface area contributed by atoms with Crippen molar-refractivity contribution in [3.05, 3.63) is 33.9 Å². The summed E-state index contributed by atoms with van der Waals surface area (Å²) >= 11 is 0. The Morgan fingerprint density at radius 3 is 2.05 bits per heavy atom. The van der Waals surface area contributed by atoms with E-state index in [1.807, 2.05) is 0 Å². The van der Waals surface area contributed by atoms with Crippen molar-refractivity contribution in [2.45, 2.75) is 26.9 Å². The summed E-state index contributed by atoms with van der Waals surface area (Å²) in [6.07, 6.45) is -4.87. The highest BCUT2D eigenvalue weighted by molar-refractivity contribution is 5.94. The molecule has 10 heteroatoms. The fourth-order valence-electron chi connectivity index (χ4n) is 1.32. The second-order valence-electron chi connectivity index (χ2n) is 5.19. The third-order valence-corrected chi connectivity index (χ3v) is 2.44. The van der Waals surface area contributed by atoms with Crippen LogP contribution in [0.25, 0.3) is 0 Å². The van der Waals surface area contributed by atoms with Gasteiger partial charge in [0, 0.05) is 26.3 Å². The third kappa shape index (κ3) is 5.26. The number of nitro groups is 1. The van der Waals surface area contributed by atoms with Gasteiger partial charge in [0.25, 0.3) is 5.69 Å². The Hall–Kier alpha value is -2.26. The molecule has 124 valence electrons. The van der Waals surface area contributed by atoms with Crippen molar-refractivity contribution >= 4 is 17.3 Å². The number of carbonyl (C=O) groups is 1. The van der Waals surface area contributed by atoms with Gasteiger partial charge in [0.05, 0.1) is 4.92 Å². The number of hydrogen-bond donors (Lipinski definition) is 1. The molecule has 0 saturated heterocycles. The van der Waals surface area contributed by atoms with Crippen LogP contribution in [0, 0.1) is 15.5 Å². The third-order valence-electron chi connectivity index (χ3n) is 2.44. The smallest absolute Gasteiger partial charge is 0.326 e. The van der Waals surface area contributed by atoms with E-state index in [1.165, 1.54) is 0 Å². The molecule has 0 heterocycles. The Morgan fingerprint density at radius 2 is 1.68 bits per heavy atom. The molecule has 0 unspecified atom stereocenters. The topological polar surface area (TPSA) is 72.2 Å². The van der Waals surface area contributed by atoms with Crippen molar-refractivity contribution in [2.24, 2.45) is 5.41 Å². The number of halogens is 5. The van der Waals surface area contributed by atoms with E-state index >= 15 is 0 Å². The fraction of sp³-hybridized carbons (Fsp3) is 0.417. The molecule has 0 radical (unpaired) electrons. The van der Waals surface area contributed by atoms with E-state index in [2.05, 4.69) is 5.32 Å². The molecule has 1 N–H and O–H groups in total. The van der Waals surface area contributed by atoms with Gasteiger partial charge in [-0.25, -0.2) is 0 Å². The van der Waals surface area contributed by atoms with Gasteiger partial charge in [0.15, 0.2) is 0 Å². The first-order chi connectivity index (χ1) is 9.93. The summed E-state index contributed by atoms with van der Waals surface area (Å²) in [6.45, 7) is 4.79. The van der Waals surface area contributed by atoms with Gasteiger partial charge in [-0.1, -0.05) is 20.8 Å². The standard InChI is InChI=1S/C12H13F3N2O3.F2/c1-11(2,3)10(18)16-7-4-5-9(17(19)20)8(6-7)12(13,14)15;1-2/h4-6H,1-3H3,(H,16,18);. The monoisotopic (exact) mass is 328 g/mol. The highest BCUT2D eigenvalue weighted by atomic mass is 20.0. The predicted octanol–water partition coefficient (Wildman–Crippen LogP) is 4.44. The summed E-state index contributed by atoms with van der Waals surface area (Å²) in [4.78, 5) is 21.2. The van der Waals surface area contributed by atoms with Crippen molar-refractivity contribution in [2.75, 3.05) is 5.32 Å². The lowest BCUT2D eigenvalue weighted by atomic mass is 9.95. The lowest BCUT2D eigenvalue weighted by Crippen LogP contribution is -2.27. The van der Waals surface area contributed by atoms with Gasteiger partial charge >= 0.3 is 6.18 Å². The van der Waals surface area contributed by atoms with Crippen molar-refractivity contribution in [3.8, 4) is 0 Å². The summed E-state index contributed by atoms with van der Waals surface area (Å²) in [5, 5.41) is 12.9. The van der Waals surface area contributed by atoms with Crippen LogP contribution in [0.3, 0.4) is 0 Å². The van der Waals surface area contributed by atoms with Crippen LogP contribution in [0.2, 0.25) is 0 Å². The van der Waals surface area contributed by atoms with Gasteiger partial charge in [-0.05, 0) is 12.1 Å². The molecule has 0 aliphatic carbocycles. The van der Waals surface area contributed by atoms with Crippen LogP contribution in [-0.2, 0) is 11.0 Å². The minimum Gasteiger partial charge on any atom is -0.326 e. The van der Waals surface area contributed by atoms with Crippen molar-refractivity contribution in [1.29, 1.82) is 0 Å². The number of anilines is 1. The molecule has 1 aromatic carbocycles. The number of nitrogens with zero attached hydrogens (tertiary/aromatic N) is 1. The molecule has 1 aromatic rings. The maximum Gasteiger partial charge on any atom is 0.423 e. The Bertz CT molecular complexity index is 553. The molecule has 0 fully saturated rings. The molecular weight excluding hydrogens is 315 g/mol. The summed E-state index contributed by atoms with van der Waals surface area (Å²) < 4.78 is 54.2. The number of carbonyl (C=O) groups excluding carboxylic acids is 1. The predicted molar refractivity (Wildman–Crippen MR) is 68.4 cm³/mol. The lowest BCUT2D eigenvalue weighted by Gasteiger charge is -2.18. The van der Waals surface area contributed by atoms with Crippen LogP contribution < -0.4 is 5.32 Å². The summed E-state index contributed by atoms with van der Waals surface area (Å²) in [6, 6.07) is 2.35. The maximum absolute atomic E-state index is 12.7. The first-order valence-corrected chi connectivity index (χ1v) is 5.74. The second-order valence-corrected chi connectivity index (χ2v) is 5.19. The zero-order valence-electron chi connectivity index (χ0n) is 11.8. The Balaban J connectivity index is 0.00000211. The van der Waals surface area contributed by atoms with Crippen LogP contribution >= 0.6 is 0 Å². The number of alkyl halides is 3. The van der Waals surface area contributed by atoms with E-state index in [0.717, 1.165) is 12.1 Å². The molecule has 1 amide bonds. The van der Waals surface area contributed by atoms with E-state index < -0.39 is 33.7 Å². The molecule has 0 spiro atoms. The SMILES string of the molecule is CC(C)(C)C(=O)Nc1ccc([N+](=O)[O-])c(C(F)(F)F)c1.FF. The minimum absolute atomic E-state index is 0.136. The van der Waals surface area contributed by atoms with Gasteiger partial charge < -0.3 is 5.32 Å². The number of amides is 1. The first-order valence-electron chi connectivity index (χ1n) is 5.74. The van der Waals surface area contributed by atoms with Crippen LogP contribution in [-0.4, -0.2) is 10.8 Å². The van der Waals surface area contributed by atoms with Crippen LogP contribution in [0.1, 0.15) is 26.3 Å². The van der Waals surface area contributed by atoms with E-state index in [9.17, 15) is 28.1 Å². The van der Waals surface area contributed by atoms with Gasteiger partial charge in [-0.2, -0.15) is 13.2 Å². The van der Waals surface area contributed by atoms with Gasteiger partial charge in [-0.15, -0.1) is 0 Å². The molecule has 22 heavy (non-hydrogen) atoms. The molecular formula is C12H13F5N2O3. The van der Waals surface area contributed by atoms with E-state index in [-0.39, 0.29) is 5.69 Å². The van der Waals surface area contributed by atoms with E-state index in [4.69, 9.17) is 9.15 Å². The molecule has 1 rings (SSSR count). The largest absolute Gasteiger partial charge is 0.423 e. The normalized spacial score (nSPS) is 11.3. The molecule has 0 aliphatic heterocycles. The van der Waals surface area contributed by atoms with E-state index in [1.54, 1.807) is 20.8 Å². The van der Waals surface area contributed by atoms with Gasteiger partial charge in [0.1, 0.15) is 5.56 Å². The van der Waals surface area contributed by atoms with Crippen molar-refractivity contribution < 1.29 is 32.0 Å². The summed E-state index contributed by atoms with van der Waals surface area (Å²) in [7, 11) is 0. The maximum atomic E-state index is 12.7. The number of nitrogens with one attached hydrogen (secondary N) is 1. The zero-order valence-corrected chi connectivity index (χ0v) is 11.8. The van der Waals surface area contributed by atoms with Gasteiger partial charge in [-0.3, -0.25) is 14.9 Å². The van der Waals surface area contributed by atoms with Crippen molar-refractivity contribution in [1.82, 2.24) is 0 Å². The number of nitro benzene ring substituents is 1. The van der Waals surface area contributed by atoms with E-state index in [0.29, 0.717) is 6.07 Å². The highest BCUT2D eigenvalue weighted by Crippen LogP contribution is 2.37. The number of rotatable bonds is 2. The number of hydrogen-bond acceptors (Lipinski definition) is 3. The Morgan fingerprint density at radius 1 is 1.18 bits per heavy atom. The zero-order chi connectivity index (χ0) is 17.7. The summed E-state index contributed by atoms with van der Waals surface area (Å²) in [5.74, 6) is -0.487. The van der Waals surface area contributed by atoms with Crippen molar-refractivity contribution in [3.63, 3.8) is 0 Å². The molecule has 5 nitrogen and oxygen atoms in total. The minimum atomic E-state index is -4.87. The molecule has 0 saturated carbocycles. The molecule has 0 atom stereocenters. The Kier molecular flexibility index (Phi) is 6.41. The molecule has 0 aliphatic rings. The van der Waals surface area contributed by atoms with Gasteiger partial charge in [0.2, 0.25) is 5.91 Å². The van der Waals surface area contributed by atoms with Crippen LogP contribution in [0.5, 0.6) is 0 Å². The first kappa shape index (κ1) is 19.7. The quantitative estimate of drug-likeness (QED) is 0.495. The average molecular weight is 328 g/mol. The second kappa shape index (κ2) is 7.14. The number of benzene rings is 1. The highest BCUT2D eigenvalue weighted by Gasteiger charge is 2.38. The summed E-state index contributed by atoms with van der Waals surface area (Å²) in [5.41, 5.74) is -3.37.